The molecule has 0 aliphatic carbocycles. The maximum atomic E-state index is 9.61. The van der Waals surface area contributed by atoms with Crippen molar-refractivity contribution in [3.63, 3.8) is 0 Å². The number of rotatable bonds is 2. The van der Waals surface area contributed by atoms with Crippen molar-refractivity contribution >= 4 is 11.6 Å². The second-order valence-electron chi connectivity index (χ2n) is 2.89. The Balaban J connectivity index is 3.07. The summed E-state index contributed by atoms with van der Waals surface area (Å²) in [6.07, 6.45) is 0.832. The van der Waals surface area contributed by atoms with Crippen LogP contribution in [0.15, 0.2) is 18.2 Å². The molecule has 0 amide bonds. The van der Waals surface area contributed by atoms with Crippen LogP contribution < -0.4 is 0 Å². The van der Waals surface area contributed by atoms with Gasteiger partial charge in [0.25, 0.3) is 0 Å². The molecule has 0 saturated carbocycles. The molecule has 1 atom stereocenters. The lowest BCUT2D eigenvalue weighted by Gasteiger charge is -2.10. The molecule has 0 fully saturated rings. The van der Waals surface area contributed by atoms with Crippen LogP contribution in [0.3, 0.4) is 0 Å². The molecule has 0 bridgehead atoms. The van der Waals surface area contributed by atoms with Crippen LogP contribution in [0.25, 0.3) is 0 Å². The van der Waals surface area contributed by atoms with Gasteiger partial charge in [0.05, 0.1) is 5.38 Å². The molecular weight excluding hydrogens is 172 g/mol. The zero-order chi connectivity index (χ0) is 9.14. The Hall–Kier alpha value is -0.690. The minimum atomic E-state index is -0.0788. The number of phenolic OH excluding ortho intramolecular Hbond substituents is 1. The maximum absolute atomic E-state index is 9.61. The molecule has 1 aromatic rings. The van der Waals surface area contributed by atoms with Crippen molar-refractivity contribution in [3.8, 4) is 5.75 Å². The Bertz CT molecular complexity index is 271. The Morgan fingerprint density at radius 3 is 2.75 bits per heavy atom. The summed E-state index contributed by atoms with van der Waals surface area (Å²) in [6.45, 7) is 3.87. The number of aromatic hydroxyl groups is 1. The molecule has 66 valence electrons. The van der Waals surface area contributed by atoms with Crippen LogP contribution in [0, 0.1) is 6.92 Å². The molecule has 0 radical (unpaired) electrons. The Labute approximate surface area is 78.0 Å². The second kappa shape index (κ2) is 3.81. The van der Waals surface area contributed by atoms with Crippen molar-refractivity contribution in [1.29, 1.82) is 0 Å². The van der Waals surface area contributed by atoms with Gasteiger partial charge in [0, 0.05) is 5.56 Å². The third-order valence-electron chi connectivity index (χ3n) is 1.96. The molecule has 1 unspecified atom stereocenters. The first-order valence-corrected chi connectivity index (χ1v) is 4.53. The van der Waals surface area contributed by atoms with Gasteiger partial charge in [-0.2, -0.15) is 0 Å². The molecule has 1 N–H and O–H groups in total. The van der Waals surface area contributed by atoms with Crippen molar-refractivity contribution < 1.29 is 5.11 Å². The number of phenols is 1. The number of hydrogen-bond acceptors (Lipinski definition) is 1. The fourth-order valence-corrected chi connectivity index (χ4v) is 1.33. The van der Waals surface area contributed by atoms with E-state index < -0.39 is 0 Å². The topological polar surface area (TPSA) is 20.2 Å². The van der Waals surface area contributed by atoms with Crippen LogP contribution in [0.2, 0.25) is 0 Å². The van der Waals surface area contributed by atoms with Gasteiger partial charge in [0.15, 0.2) is 0 Å². The Morgan fingerprint density at radius 1 is 1.50 bits per heavy atom. The summed E-state index contributed by atoms with van der Waals surface area (Å²) in [7, 11) is 0. The van der Waals surface area contributed by atoms with Gasteiger partial charge in [0.2, 0.25) is 0 Å². The number of alkyl halides is 1. The van der Waals surface area contributed by atoms with Crippen molar-refractivity contribution in [1.82, 2.24) is 0 Å². The van der Waals surface area contributed by atoms with Gasteiger partial charge in [-0.25, -0.2) is 0 Å². The molecule has 12 heavy (non-hydrogen) atoms. The van der Waals surface area contributed by atoms with Crippen molar-refractivity contribution in [2.24, 2.45) is 0 Å². The van der Waals surface area contributed by atoms with E-state index in [1.807, 2.05) is 32.0 Å². The highest BCUT2D eigenvalue weighted by Crippen LogP contribution is 2.32. The van der Waals surface area contributed by atoms with E-state index >= 15 is 0 Å². The molecule has 2 heteroatoms. The predicted molar refractivity (Wildman–Crippen MR) is 51.7 cm³/mol. The van der Waals surface area contributed by atoms with E-state index in [4.69, 9.17) is 11.6 Å². The van der Waals surface area contributed by atoms with Gasteiger partial charge in [-0.15, -0.1) is 11.6 Å². The average Bonchev–Trinajstić information content (AvgIpc) is 2.08. The first-order chi connectivity index (χ1) is 5.66. The minimum absolute atomic E-state index is 0.0788. The van der Waals surface area contributed by atoms with E-state index in [0.717, 1.165) is 17.5 Å². The summed E-state index contributed by atoms with van der Waals surface area (Å²) < 4.78 is 0. The van der Waals surface area contributed by atoms with Crippen molar-refractivity contribution in [2.75, 3.05) is 0 Å². The molecule has 1 aromatic carbocycles. The highest BCUT2D eigenvalue weighted by atomic mass is 35.5. The van der Waals surface area contributed by atoms with Gasteiger partial charge >= 0.3 is 0 Å². The number of hydrogen-bond donors (Lipinski definition) is 1. The van der Waals surface area contributed by atoms with E-state index in [9.17, 15) is 5.11 Å². The monoisotopic (exact) mass is 184 g/mol. The van der Waals surface area contributed by atoms with Gasteiger partial charge < -0.3 is 5.11 Å². The van der Waals surface area contributed by atoms with Gasteiger partial charge in [-0.05, 0) is 18.9 Å². The summed E-state index contributed by atoms with van der Waals surface area (Å²) in [5, 5.41) is 9.54. The van der Waals surface area contributed by atoms with Crippen molar-refractivity contribution in [2.45, 2.75) is 25.6 Å². The van der Waals surface area contributed by atoms with Gasteiger partial charge in [-0.3, -0.25) is 0 Å². The maximum Gasteiger partial charge on any atom is 0.123 e. The quantitative estimate of drug-likeness (QED) is 0.699. The number of aryl methyl sites for hydroxylation is 1. The lowest BCUT2D eigenvalue weighted by molar-refractivity contribution is 0.462. The van der Waals surface area contributed by atoms with Crippen LogP contribution in [0.5, 0.6) is 5.75 Å². The fraction of sp³-hybridized carbons (Fsp3) is 0.400. The molecule has 0 heterocycles. The average molecular weight is 185 g/mol. The summed E-state index contributed by atoms with van der Waals surface area (Å²) in [6, 6.07) is 5.65. The van der Waals surface area contributed by atoms with Crippen molar-refractivity contribution in [3.05, 3.63) is 29.3 Å². The lowest BCUT2D eigenvalue weighted by Crippen LogP contribution is -1.90. The summed E-state index contributed by atoms with van der Waals surface area (Å²) >= 11 is 6.01. The summed E-state index contributed by atoms with van der Waals surface area (Å²) in [5.74, 6) is 0.333. The molecule has 1 nitrogen and oxygen atoms in total. The van der Waals surface area contributed by atoms with Gasteiger partial charge in [-0.1, -0.05) is 25.1 Å². The molecule has 0 spiro atoms. The van der Waals surface area contributed by atoms with E-state index in [0.29, 0.717) is 5.75 Å². The fourth-order valence-electron chi connectivity index (χ4n) is 1.15. The summed E-state index contributed by atoms with van der Waals surface area (Å²) in [5.41, 5.74) is 1.71. The Morgan fingerprint density at radius 2 is 2.17 bits per heavy atom. The number of halogens is 1. The molecule has 0 aliphatic rings. The highest BCUT2D eigenvalue weighted by Gasteiger charge is 2.10. The third-order valence-corrected chi connectivity index (χ3v) is 2.51. The highest BCUT2D eigenvalue weighted by molar-refractivity contribution is 6.21. The molecule has 0 aliphatic heterocycles. The third kappa shape index (κ3) is 1.72. The molecule has 0 saturated heterocycles. The van der Waals surface area contributed by atoms with Crippen LogP contribution >= 0.6 is 11.6 Å². The molecule has 1 rings (SSSR count). The van der Waals surface area contributed by atoms with E-state index in [1.165, 1.54) is 0 Å². The normalized spacial score (nSPS) is 12.9. The zero-order valence-corrected chi connectivity index (χ0v) is 8.10. The minimum Gasteiger partial charge on any atom is -0.507 e. The zero-order valence-electron chi connectivity index (χ0n) is 7.34. The number of benzene rings is 1. The smallest absolute Gasteiger partial charge is 0.123 e. The SMILES string of the molecule is CCC(Cl)c1cccc(C)c1O. The van der Waals surface area contributed by atoms with Crippen LogP contribution in [0.4, 0.5) is 0 Å². The standard InChI is InChI=1S/C10H13ClO/c1-3-9(11)8-6-4-5-7(2)10(8)12/h4-6,9,12H,3H2,1-2H3. The van der Waals surface area contributed by atoms with Crippen LogP contribution in [-0.4, -0.2) is 5.11 Å². The van der Waals surface area contributed by atoms with E-state index in [1.54, 1.807) is 0 Å². The largest absolute Gasteiger partial charge is 0.507 e. The first-order valence-electron chi connectivity index (χ1n) is 4.09. The van der Waals surface area contributed by atoms with E-state index in [-0.39, 0.29) is 5.38 Å². The van der Waals surface area contributed by atoms with Gasteiger partial charge in [0.1, 0.15) is 5.75 Å². The number of para-hydroxylation sites is 1. The lowest BCUT2D eigenvalue weighted by atomic mass is 10.1. The van der Waals surface area contributed by atoms with Crippen LogP contribution in [0.1, 0.15) is 29.8 Å². The Kier molecular flexibility index (Phi) is 2.99. The predicted octanol–water partition coefficient (Wildman–Crippen LogP) is 3.39. The molecule has 0 aromatic heterocycles. The first kappa shape index (κ1) is 9.40. The summed E-state index contributed by atoms with van der Waals surface area (Å²) in [4.78, 5) is 0. The van der Waals surface area contributed by atoms with Crippen LogP contribution in [-0.2, 0) is 0 Å². The second-order valence-corrected chi connectivity index (χ2v) is 3.42. The molecular formula is C10H13ClO. The van der Waals surface area contributed by atoms with E-state index in [2.05, 4.69) is 0 Å².